The SMILES string of the molecule is CC(=O)c1c(C)[nH]c(C(=O)NCCCN2CCC(O)CC2)c1C(C)C. The van der Waals surface area contributed by atoms with Crippen LogP contribution in [0.2, 0.25) is 0 Å². The largest absolute Gasteiger partial charge is 0.393 e. The molecule has 2 heterocycles. The average Bonchev–Trinajstić information content (AvgIpc) is 2.91. The van der Waals surface area contributed by atoms with Crippen LogP contribution in [-0.2, 0) is 0 Å². The molecule has 0 bridgehead atoms. The van der Waals surface area contributed by atoms with Crippen LogP contribution in [0, 0.1) is 6.92 Å². The quantitative estimate of drug-likeness (QED) is 0.520. The summed E-state index contributed by atoms with van der Waals surface area (Å²) in [6.07, 6.45) is 2.38. The summed E-state index contributed by atoms with van der Waals surface area (Å²) in [5.41, 5.74) is 2.73. The van der Waals surface area contributed by atoms with E-state index in [0.717, 1.165) is 50.2 Å². The molecule has 1 saturated heterocycles. The summed E-state index contributed by atoms with van der Waals surface area (Å²) >= 11 is 0. The molecule has 1 fully saturated rings. The first-order valence-corrected chi connectivity index (χ1v) is 9.23. The number of piperidine rings is 1. The highest BCUT2D eigenvalue weighted by Gasteiger charge is 2.24. The van der Waals surface area contributed by atoms with E-state index in [9.17, 15) is 14.7 Å². The number of carbonyl (C=O) groups excluding carboxylic acids is 2. The maximum atomic E-state index is 12.6. The van der Waals surface area contributed by atoms with Gasteiger partial charge in [0.25, 0.3) is 5.91 Å². The van der Waals surface area contributed by atoms with Gasteiger partial charge in [-0.15, -0.1) is 0 Å². The molecule has 6 nitrogen and oxygen atoms in total. The van der Waals surface area contributed by atoms with Crippen molar-refractivity contribution in [3.8, 4) is 0 Å². The van der Waals surface area contributed by atoms with E-state index >= 15 is 0 Å². The predicted octanol–water partition coefficient (Wildman–Crippen LogP) is 2.23. The third kappa shape index (κ3) is 4.92. The number of nitrogens with zero attached hydrogens (tertiary/aromatic N) is 1. The number of aliphatic hydroxyl groups is 1. The highest BCUT2D eigenvalue weighted by atomic mass is 16.3. The lowest BCUT2D eigenvalue weighted by atomic mass is 9.95. The molecule has 25 heavy (non-hydrogen) atoms. The van der Waals surface area contributed by atoms with Crippen LogP contribution in [0.4, 0.5) is 0 Å². The van der Waals surface area contributed by atoms with Gasteiger partial charge in [0.15, 0.2) is 5.78 Å². The van der Waals surface area contributed by atoms with Crippen molar-refractivity contribution in [3.05, 3.63) is 22.5 Å². The van der Waals surface area contributed by atoms with Crippen LogP contribution in [0.1, 0.15) is 78.1 Å². The predicted molar refractivity (Wildman–Crippen MR) is 98.3 cm³/mol. The molecule has 0 aliphatic carbocycles. The second-order valence-corrected chi connectivity index (χ2v) is 7.31. The van der Waals surface area contributed by atoms with Gasteiger partial charge in [-0.1, -0.05) is 13.8 Å². The molecule has 0 aromatic carbocycles. The molecular formula is C19H31N3O3. The molecule has 6 heteroatoms. The lowest BCUT2D eigenvalue weighted by Gasteiger charge is -2.29. The van der Waals surface area contributed by atoms with Crippen LogP contribution >= 0.6 is 0 Å². The Morgan fingerprint density at radius 1 is 1.32 bits per heavy atom. The second-order valence-electron chi connectivity index (χ2n) is 7.31. The smallest absolute Gasteiger partial charge is 0.268 e. The fourth-order valence-electron chi connectivity index (χ4n) is 3.59. The van der Waals surface area contributed by atoms with E-state index < -0.39 is 0 Å². The zero-order chi connectivity index (χ0) is 18.6. The summed E-state index contributed by atoms with van der Waals surface area (Å²) in [6.45, 7) is 10.7. The van der Waals surface area contributed by atoms with Crippen molar-refractivity contribution < 1.29 is 14.7 Å². The second kappa shape index (κ2) is 8.63. The van der Waals surface area contributed by atoms with E-state index in [1.165, 1.54) is 0 Å². The third-order valence-corrected chi connectivity index (χ3v) is 4.88. The molecule has 0 unspecified atom stereocenters. The number of hydrogen-bond acceptors (Lipinski definition) is 4. The van der Waals surface area contributed by atoms with Gasteiger partial charge in [0, 0.05) is 30.9 Å². The fraction of sp³-hybridized carbons (Fsp3) is 0.684. The number of aromatic nitrogens is 1. The summed E-state index contributed by atoms with van der Waals surface area (Å²) in [4.78, 5) is 29.9. The highest BCUT2D eigenvalue weighted by molar-refractivity contribution is 6.03. The maximum Gasteiger partial charge on any atom is 0.268 e. The zero-order valence-corrected chi connectivity index (χ0v) is 15.8. The molecule has 1 aromatic rings. The summed E-state index contributed by atoms with van der Waals surface area (Å²) in [5.74, 6) is -0.0541. The number of H-pyrrole nitrogens is 1. The van der Waals surface area contributed by atoms with Crippen LogP contribution in [0.15, 0.2) is 0 Å². The minimum absolute atomic E-state index is 0.0104. The van der Waals surface area contributed by atoms with Crippen molar-refractivity contribution in [2.75, 3.05) is 26.2 Å². The summed E-state index contributed by atoms with van der Waals surface area (Å²) in [7, 11) is 0. The van der Waals surface area contributed by atoms with Gasteiger partial charge in [0.2, 0.25) is 0 Å². The number of rotatable bonds is 7. The number of aryl methyl sites for hydroxylation is 1. The molecule has 3 N–H and O–H groups in total. The van der Waals surface area contributed by atoms with Gasteiger partial charge in [-0.3, -0.25) is 9.59 Å². The average molecular weight is 349 g/mol. The Morgan fingerprint density at radius 2 is 1.96 bits per heavy atom. The molecule has 0 radical (unpaired) electrons. The molecule has 140 valence electrons. The van der Waals surface area contributed by atoms with E-state index in [-0.39, 0.29) is 23.7 Å². The van der Waals surface area contributed by atoms with E-state index in [1.54, 1.807) is 6.92 Å². The Hall–Kier alpha value is -1.66. The molecular weight excluding hydrogens is 318 g/mol. The Balaban J connectivity index is 1.90. The van der Waals surface area contributed by atoms with Crippen LogP contribution < -0.4 is 5.32 Å². The van der Waals surface area contributed by atoms with Gasteiger partial charge in [0.05, 0.1) is 6.10 Å². The summed E-state index contributed by atoms with van der Waals surface area (Å²) in [5, 5.41) is 12.5. The molecule has 1 aromatic heterocycles. The minimum Gasteiger partial charge on any atom is -0.393 e. The lowest BCUT2D eigenvalue weighted by Crippen LogP contribution is -2.37. The molecule has 0 saturated carbocycles. The minimum atomic E-state index is -0.156. The van der Waals surface area contributed by atoms with Crippen molar-refractivity contribution in [3.63, 3.8) is 0 Å². The van der Waals surface area contributed by atoms with Crippen molar-refractivity contribution in [2.24, 2.45) is 0 Å². The Kier molecular flexibility index (Phi) is 6.79. The highest BCUT2D eigenvalue weighted by Crippen LogP contribution is 2.27. The van der Waals surface area contributed by atoms with Crippen LogP contribution in [0.3, 0.4) is 0 Å². The number of carbonyl (C=O) groups is 2. The van der Waals surface area contributed by atoms with Crippen molar-refractivity contribution in [2.45, 2.75) is 59.0 Å². The fourth-order valence-corrected chi connectivity index (χ4v) is 3.59. The topological polar surface area (TPSA) is 85.4 Å². The molecule has 1 aliphatic rings. The number of aromatic amines is 1. The normalized spacial score (nSPS) is 16.4. The van der Waals surface area contributed by atoms with E-state index in [0.29, 0.717) is 17.8 Å². The number of Topliss-reactive ketones (excluding diaryl/α,β-unsaturated/α-hetero) is 1. The Bertz CT molecular complexity index is 614. The molecule has 1 aliphatic heterocycles. The Labute approximate surface area is 150 Å². The molecule has 0 spiro atoms. The Morgan fingerprint density at radius 3 is 2.52 bits per heavy atom. The number of aliphatic hydroxyl groups excluding tert-OH is 1. The van der Waals surface area contributed by atoms with Gasteiger partial charge < -0.3 is 20.3 Å². The zero-order valence-electron chi connectivity index (χ0n) is 15.8. The van der Waals surface area contributed by atoms with Crippen LogP contribution in [0.5, 0.6) is 0 Å². The van der Waals surface area contributed by atoms with Crippen molar-refractivity contribution >= 4 is 11.7 Å². The third-order valence-electron chi connectivity index (χ3n) is 4.88. The first-order valence-electron chi connectivity index (χ1n) is 9.23. The number of hydrogen-bond donors (Lipinski definition) is 3. The number of amides is 1. The van der Waals surface area contributed by atoms with Gasteiger partial charge >= 0.3 is 0 Å². The van der Waals surface area contributed by atoms with E-state index in [1.807, 2.05) is 20.8 Å². The van der Waals surface area contributed by atoms with Gasteiger partial charge in [0.1, 0.15) is 5.69 Å². The maximum absolute atomic E-state index is 12.6. The lowest BCUT2D eigenvalue weighted by molar-refractivity contribution is 0.0816. The first-order chi connectivity index (χ1) is 11.8. The van der Waals surface area contributed by atoms with E-state index in [2.05, 4.69) is 15.2 Å². The summed E-state index contributed by atoms with van der Waals surface area (Å²) < 4.78 is 0. The molecule has 1 amide bonds. The van der Waals surface area contributed by atoms with Crippen molar-refractivity contribution in [1.82, 2.24) is 15.2 Å². The first kappa shape index (κ1) is 19.7. The van der Waals surface area contributed by atoms with Crippen molar-refractivity contribution in [1.29, 1.82) is 0 Å². The number of ketones is 1. The number of likely N-dealkylation sites (tertiary alicyclic amines) is 1. The monoisotopic (exact) mass is 349 g/mol. The molecule has 2 rings (SSSR count). The van der Waals surface area contributed by atoms with Gasteiger partial charge in [-0.25, -0.2) is 0 Å². The van der Waals surface area contributed by atoms with Crippen LogP contribution in [-0.4, -0.2) is 59.0 Å². The van der Waals surface area contributed by atoms with Crippen LogP contribution in [0.25, 0.3) is 0 Å². The molecule has 0 atom stereocenters. The standard InChI is InChI=1S/C19H31N3O3/c1-12(2)16-17(14(4)23)13(3)21-18(16)19(25)20-8-5-9-22-10-6-15(24)7-11-22/h12,15,21,24H,5-11H2,1-4H3,(H,20,25). The van der Waals surface area contributed by atoms with Gasteiger partial charge in [-0.05, 0) is 51.1 Å². The van der Waals surface area contributed by atoms with Gasteiger partial charge in [-0.2, -0.15) is 0 Å². The van der Waals surface area contributed by atoms with E-state index in [4.69, 9.17) is 0 Å². The number of nitrogens with one attached hydrogen (secondary N) is 2. The summed E-state index contributed by atoms with van der Waals surface area (Å²) in [6, 6.07) is 0.